The Morgan fingerprint density at radius 1 is 1.18 bits per heavy atom. The van der Waals surface area contributed by atoms with Crippen LogP contribution in [0.4, 0.5) is 10.1 Å². The number of para-hydroxylation sites is 1. The summed E-state index contributed by atoms with van der Waals surface area (Å²) in [7, 11) is 1.62. The molecule has 4 rings (SSSR count). The van der Waals surface area contributed by atoms with Crippen LogP contribution in [-0.4, -0.2) is 36.4 Å². The molecule has 0 N–H and O–H groups in total. The molecule has 2 aliphatic rings. The minimum Gasteiger partial charge on any atom is -0.497 e. The second-order valence-electron chi connectivity index (χ2n) is 7.40. The zero-order valence-corrected chi connectivity index (χ0v) is 15.8. The number of amides is 2. The number of anilines is 1. The molecule has 2 fully saturated rings. The van der Waals surface area contributed by atoms with Crippen LogP contribution in [0.3, 0.4) is 0 Å². The average Bonchev–Trinajstić information content (AvgIpc) is 3.48. The molecular formula is C22H23FN2O3. The van der Waals surface area contributed by atoms with Crippen LogP contribution in [0.15, 0.2) is 48.5 Å². The van der Waals surface area contributed by atoms with E-state index in [0.717, 1.165) is 24.2 Å². The van der Waals surface area contributed by atoms with Gasteiger partial charge >= 0.3 is 0 Å². The van der Waals surface area contributed by atoms with Crippen molar-refractivity contribution in [2.24, 2.45) is 5.92 Å². The Morgan fingerprint density at radius 2 is 1.89 bits per heavy atom. The topological polar surface area (TPSA) is 49.9 Å². The highest BCUT2D eigenvalue weighted by atomic mass is 19.1. The number of benzene rings is 2. The molecule has 1 unspecified atom stereocenters. The van der Waals surface area contributed by atoms with E-state index in [1.807, 2.05) is 29.2 Å². The van der Waals surface area contributed by atoms with E-state index in [4.69, 9.17) is 4.74 Å². The van der Waals surface area contributed by atoms with E-state index in [9.17, 15) is 14.0 Å². The van der Waals surface area contributed by atoms with Gasteiger partial charge in [-0.2, -0.15) is 0 Å². The first kappa shape index (κ1) is 18.5. The molecule has 28 heavy (non-hydrogen) atoms. The molecule has 1 aliphatic carbocycles. The lowest BCUT2D eigenvalue weighted by Crippen LogP contribution is -2.38. The monoisotopic (exact) mass is 382 g/mol. The quantitative estimate of drug-likeness (QED) is 0.770. The summed E-state index contributed by atoms with van der Waals surface area (Å²) in [5, 5.41) is 0. The Bertz CT molecular complexity index is 880. The Hall–Kier alpha value is -2.89. The summed E-state index contributed by atoms with van der Waals surface area (Å²) in [4.78, 5) is 28.9. The Balaban J connectivity index is 1.48. The summed E-state index contributed by atoms with van der Waals surface area (Å²) in [6.45, 7) is 0.738. The molecule has 0 spiro atoms. The molecule has 0 radical (unpaired) electrons. The molecule has 6 heteroatoms. The molecule has 2 amide bonds. The Morgan fingerprint density at radius 3 is 2.54 bits per heavy atom. The van der Waals surface area contributed by atoms with Gasteiger partial charge in [0.15, 0.2) is 0 Å². The molecule has 1 atom stereocenters. The average molecular weight is 382 g/mol. The number of methoxy groups -OCH3 is 1. The van der Waals surface area contributed by atoms with E-state index in [0.29, 0.717) is 6.54 Å². The fraction of sp³-hybridized carbons (Fsp3) is 0.364. The fourth-order valence-corrected chi connectivity index (χ4v) is 3.71. The lowest BCUT2D eigenvalue weighted by Gasteiger charge is -2.26. The lowest BCUT2D eigenvalue weighted by atomic mass is 10.1. The summed E-state index contributed by atoms with van der Waals surface area (Å²) in [6.07, 6.45) is 2.10. The van der Waals surface area contributed by atoms with Crippen molar-refractivity contribution in [1.29, 1.82) is 0 Å². The third kappa shape index (κ3) is 3.72. The van der Waals surface area contributed by atoms with Gasteiger partial charge in [-0.1, -0.05) is 24.3 Å². The number of hydrogen-bond donors (Lipinski definition) is 0. The van der Waals surface area contributed by atoms with Gasteiger partial charge in [-0.05, 0) is 42.7 Å². The first-order chi connectivity index (χ1) is 13.6. The van der Waals surface area contributed by atoms with Crippen LogP contribution >= 0.6 is 0 Å². The third-order valence-corrected chi connectivity index (χ3v) is 5.40. The molecule has 0 bridgehead atoms. The second-order valence-corrected chi connectivity index (χ2v) is 7.40. The molecule has 146 valence electrons. The van der Waals surface area contributed by atoms with E-state index >= 15 is 0 Å². The lowest BCUT2D eigenvalue weighted by molar-refractivity contribution is -0.137. The van der Waals surface area contributed by atoms with E-state index in [1.54, 1.807) is 25.3 Å². The molecule has 2 aromatic rings. The smallest absolute Gasteiger partial charge is 0.228 e. The number of carbonyl (C=O) groups is 2. The largest absolute Gasteiger partial charge is 0.497 e. The van der Waals surface area contributed by atoms with E-state index < -0.39 is 11.7 Å². The zero-order chi connectivity index (χ0) is 19.7. The molecular weight excluding hydrogens is 359 g/mol. The van der Waals surface area contributed by atoms with Crippen LogP contribution in [0, 0.1) is 11.7 Å². The minimum absolute atomic E-state index is 0.0227. The van der Waals surface area contributed by atoms with Gasteiger partial charge in [-0.15, -0.1) is 0 Å². The summed E-state index contributed by atoms with van der Waals surface area (Å²) >= 11 is 0. The van der Waals surface area contributed by atoms with Gasteiger partial charge < -0.3 is 14.5 Å². The number of rotatable bonds is 6. The van der Waals surface area contributed by atoms with Crippen molar-refractivity contribution in [2.75, 3.05) is 18.6 Å². The predicted molar refractivity (Wildman–Crippen MR) is 103 cm³/mol. The second kappa shape index (κ2) is 7.62. The predicted octanol–water partition coefficient (Wildman–Crippen LogP) is 3.38. The summed E-state index contributed by atoms with van der Waals surface area (Å²) in [5.41, 5.74) is 1.27. The zero-order valence-electron chi connectivity index (χ0n) is 15.8. The molecule has 1 saturated heterocycles. The van der Waals surface area contributed by atoms with Crippen molar-refractivity contribution in [3.8, 4) is 5.75 Å². The van der Waals surface area contributed by atoms with E-state index in [1.165, 1.54) is 11.0 Å². The third-order valence-electron chi connectivity index (χ3n) is 5.40. The van der Waals surface area contributed by atoms with Crippen LogP contribution in [0.1, 0.15) is 24.8 Å². The highest BCUT2D eigenvalue weighted by molar-refractivity contribution is 6.00. The van der Waals surface area contributed by atoms with Crippen LogP contribution in [-0.2, 0) is 16.1 Å². The van der Waals surface area contributed by atoms with Gasteiger partial charge in [-0.25, -0.2) is 4.39 Å². The maximum Gasteiger partial charge on any atom is 0.228 e. The first-order valence-corrected chi connectivity index (χ1v) is 9.55. The van der Waals surface area contributed by atoms with Crippen LogP contribution < -0.4 is 9.64 Å². The molecule has 1 heterocycles. The van der Waals surface area contributed by atoms with Gasteiger partial charge in [0.2, 0.25) is 11.8 Å². The van der Waals surface area contributed by atoms with Crippen molar-refractivity contribution in [3.05, 3.63) is 59.9 Å². The Labute approximate surface area is 163 Å². The van der Waals surface area contributed by atoms with Crippen LogP contribution in [0.5, 0.6) is 5.75 Å². The molecule has 1 aliphatic heterocycles. The maximum absolute atomic E-state index is 14.1. The molecule has 1 saturated carbocycles. The normalized spacial score (nSPS) is 19.0. The molecule has 2 aromatic carbocycles. The summed E-state index contributed by atoms with van der Waals surface area (Å²) in [6, 6.07) is 14.1. The van der Waals surface area contributed by atoms with Crippen molar-refractivity contribution in [3.63, 3.8) is 0 Å². The van der Waals surface area contributed by atoms with Crippen molar-refractivity contribution >= 4 is 17.5 Å². The van der Waals surface area contributed by atoms with Crippen molar-refractivity contribution in [1.82, 2.24) is 4.90 Å². The minimum atomic E-state index is -0.443. The van der Waals surface area contributed by atoms with E-state index in [-0.39, 0.29) is 36.5 Å². The van der Waals surface area contributed by atoms with Crippen molar-refractivity contribution in [2.45, 2.75) is 31.8 Å². The molecule has 5 nitrogen and oxygen atoms in total. The molecule has 0 aromatic heterocycles. The van der Waals surface area contributed by atoms with Gasteiger partial charge in [0.1, 0.15) is 11.6 Å². The Kier molecular flexibility index (Phi) is 5.03. The number of hydrogen-bond acceptors (Lipinski definition) is 3. The van der Waals surface area contributed by atoms with Gasteiger partial charge in [0.05, 0.1) is 18.7 Å². The maximum atomic E-state index is 14.1. The number of ether oxygens (including phenoxy) is 1. The highest BCUT2D eigenvalue weighted by Crippen LogP contribution is 2.33. The summed E-state index contributed by atoms with van der Waals surface area (Å²) in [5.74, 6) is -0.337. The number of halogens is 1. The number of nitrogens with zero attached hydrogens (tertiary/aromatic N) is 2. The van der Waals surface area contributed by atoms with Crippen molar-refractivity contribution < 1.29 is 18.7 Å². The van der Waals surface area contributed by atoms with E-state index in [2.05, 4.69) is 0 Å². The van der Waals surface area contributed by atoms with Crippen LogP contribution in [0.25, 0.3) is 0 Å². The SMILES string of the molecule is COc1ccc(CN(C(=O)C2CC(=O)N(c3ccccc3F)C2)C2CC2)cc1. The van der Waals surface area contributed by atoms with Gasteiger partial charge in [-0.3, -0.25) is 9.59 Å². The van der Waals surface area contributed by atoms with Gasteiger partial charge in [0, 0.05) is 25.6 Å². The highest BCUT2D eigenvalue weighted by Gasteiger charge is 2.41. The first-order valence-electron chi connectivity index (χ1n) is 9.55. The number of carbonyl (C=O) groups excluding carboxylic acids is 2. The fourth-order valence-electron chi connectivity index (χ4n) is 3.71. The standard InChI is InChI=1S/C22H23FN2O3/c1-28-18-10-6-15(7-11-18)13-24(17-8-9-17)22(27)16-12-21(26)25(14-16)20-5-3-2-4-19(20)23/h2-7,10-11,16-17H,8-9,12-14H2,1H3. The van der Waals surface area contributed by atoms with Crippen LogP contribution in [0.2, 0.25) is 0 Å². The van der Waals surface area contributed by atoms with Gasteiger partial charge in [0.25, 0.3) is 0 Å². The summed E-state index contributed by atoms with van der Waals surface area (Å²) < 4.78 is 19.3.